The highest BCUT2D eigenvalue weighted by Gasteiger charge is 2.35. The summed E-state index contributed by atoms with van der Waals surface area (Å²) in [6, 6.07) is 7.55. The number of hydrogen-bond donors (Lipinski definition) is 3. The topological polar surface area (TPSA) is 80.3 Å². The van der Waals surface area contributed by atoms with Gasteiger partial charge in [0.15, 0.2) is 5.75 Å². The van der Waals surface area contributed by atoms with Crippen LogP contribution in [0.25, 0.3) is 0 Å². The van der Waals surface area contributed by atoms with Crippen molar-refractivity contribution < 1.29 is 28.5 Å². The van der Waals surface area contributed by atoms with Gasteiger partial charge in [-0.25, -0.2) is 4.39 Å². The van der Waals surface area contributed by atoms with Crippen LogP contribution in [0.5, 0.6) is 5.75 Å². The number of anilines is 2. The molecule has 0 saturated heterocycles. The monoisotopic (exact) mass is 497 g/mol. The average Bonchev–Trinajstić information content (AvgIpc) is 2.71. The van der Waals surface area contributed by atoms with E-state index >= 15 is 4.39 Å². The Kier molecular flexibility index (Phi) is 8.92. The van der Waals surface area contributed by atoms with Gasteiger partial charge in [0.1, 0.15) is 18.1 Å². The van der Waals surface area contributed by atoms with Crippen LogP contribution in [0.2, 0.25) is 5.02 Å². The summed E-state index contributed by atoms with van der Waals surface area (Å²) >= 11 is 10.7. The van der Waals surface area contributed by atoms with Gasteiger partial charge in [-0.3, -0.25) is 15.4 Å². The Morgan fingerprint density at radius 3 is 2.55 bits per heavy atom. The fraction of sp³-hybridized carbons (Fsp3) is 0.409. The molecule has 7 nitrogen and oxygen atoms in total. The predicted molar refractivity (Wildman–Crippen MR) is 131 cm³/mol. The molecule has 0 saturated carbocycles. The van der Waals surface area contributed by atoms with Gasteiger partial charge in [-0.2, -0.15) is 17.8 Å². The van der Waals surface area contributed by atoms with Crippen LogP contribution in [0, 0.1) is 5.82 Å². The van der Waals surface area contributed by atoms with E-state index in [0.717, 1.165) is 0 Å². The minimum Gasteiger partial charge on any atom is -0.494 e. The van der Waals surface area contributed by atoms with E-state index in [2.05, 4.69) is 18.1 Å². The van der Waals surface area contributed by atoms with E-state index in [-0.39, 0.29) is 34.2 Å². The predicted octanol–water partition coefficient (Wildman–Crippen LogP) is 4.52. The van der Waals surface area contributed by atoms with Crippen molar-refractivity contribution >= 4 is 54.5 Å². The fourth-order valence-corrected chi connectivity index (χ4v) is 2.86. The minimum atomic E-state index is -0.679. The molecular formula is C22H28BClFN2O5S. The second kappa shape index (κ2) is 10.9. The second-order valence-electron chi connectivity index (χ2n) is 8.33. The van der Waals surface area contributed by atoms with Crippen molar-refractivity contribution in [3.63, 3.8) is 0 Å². The number of carbonyl (C=O) groups excluding carboxylic acids is 1. The SMILES string of the molecule is COc1c(COC(C)=O)cc(Cl)cc1N(O)Nc1cccc([B]OC(C)(C)C(C)(C)S)c1F. The molecule has 0 aliphatic rings. The molecule has 0 aromatic heterocycles. The third-order valence-corrected chi connectivity index (χ3v) is 5.94. The van der Waals surface area contributed by atoms with Gasteiger partial charge in [0.25, 0.3) is 0 Å². The first-order valence-corrected chi connectivity index (χ1v) is 10.9. The summed E-state index contributed by atoms with van der Waals surface area (Å²) < 4.78 is 30.8. The summed E-state index contributed by atoms with van der Waals surface area (Å²) in [6.07, 6.45) is 0. The Labute approximate surface area is 204 Å². The van der Waals surface area contributed by atoms with Crippen LogP contribution >= 0.6 is 24.2 Å². The number of hydrazine groups is 1. The minimum absolute atomic E-state index is 0.0265. The molecule has 0 bridgehead atoms. The Balaban J connectivity index is 2.28. The molecule has 0 unspecified atom stereocenters. The number of rotatable bonds is 10. The average molecular weight is 498 g/mol. The quantitative estimate of drug-likeness (QED) is 0.193. The van der Waals surface area contributed by atoms with Gasteiger partial charge in [0.05, 0.1) is 18.4 Å². The molecule has 0 spiro atoms. The lowest BCUT2D eigenvalue weighted by Gasteiger charge is -2.38. The van der Waals surface area contributed by atoms with Crippen LogP contribution in [0.15, 0.2) is 30.3 Å². The van der Waals surface area contributed by atoms with E-state index in [1.165, 1.54) is 33.6 Å². The van der Waals surface area contributed by atoms with Crippen molar-refractivity contribution in [3.8, 4) is 5.75 Å². The number of esters is 1. The van der Waals surface area contributed by atoms with Gasteiger partial charge in [0, 0.05) is 22.3 Å². The normalized spacial score (nSPS) is 11.7. The molecule has 0 aliphatic heterocycles. The number of benzene rings is 2. The molecule has 2 rings (SSSR count). The zero-order valence-corrected chi connectivity index (χ0v) is 21.1. The van der Waals surface area contributed by atoms with Crippen molar-refractivity contribution in [1.82, 2.24) is 0 Å². The molecule has 33 heavy (non-hydrogen) atoms. The highest BCUT2D eigenvalue weighted by atomic mass is 35.5. The van der Waals surface area contributed by atoms with Gasteiger partial charge in [-0.05, 0) is 51.4 Å². The van der Waals surface area contributed by atoms with Crippen LogP contribution in [0.1, 0.15) is 40.2 Å². The number of hydrogen-bond acceptors (Lipinski definition) is 8. The third-order valence-electron chi connectivity index (χ3n) is 5.18. The number of methoxy groups -OCH3 is 1. The molecule has 0 heterocycles. The fourth-order valence-electron chi connectivity index (χ4n) is 2.57. The summed E-state index contributed by atoms with van der Waals surface area (Å²) in [6.45, 7) is 8.65. The molecule has 2 N–H and O–H groups in total. The summed E-state index contributed by atoms with van der Waals surface area (Å²) in [5.74, 6) is -0.940. The lowest BCUT2D eigenvalue weighted by molar-refractivity contribution is -0.142. The van der Waals surface area contributed by atoms with Gasteiger partial charge in [-0.15, -0.1) is 0 Å². The maximum Gasteiger partial charge on any atom is 0.333 e. The molecule has 1 radical (unpaired) electrons. The first-order chi connectivity index (χ1) is 15.3. The molecule has 2 aromatic rings. The standard InChI is InChI=1S/C22H28BClFN2O5S/c1-13(28)31-12-14-10-15(24)11-18(20(14)30-6)27(29)26-17-9-7-8-16(19(17)25)23-32-21(2,3)22(4,5)33/h7-11,26,29,33H,12H2,1-6H3. The Morgan fingerprint density at radius 1 is 1.30 bits per heavy atom. The molecule has 179 valence electrons. The van der Waals surface area contributed by atoms with E-state index in [4.69, 9.17) is 25.7 Å². The largest absolute Gasteiger partial charge is 0.494 e. The van der Waals surface area contributed by atoms with E-state index < -0.39 is 22.1 Å². The van der Waals surface area contributed by atoms with Gasteiger partial charge in [-0.1, -0.05) is 23.7 Å². The number of carbonyl (C=O) groups is 1. The summed E-state index contributed by atoms with van der Waals surface area (Å²) in [7, 11) is 2.70. The number of nitrogens with one attached hydrogen (secondary N) is 1. The van der Waals surface area contributed by atoms with Gasteiger partial charge < -0.3 is 14.1 Å². The maximum atomic E-state index is 15.1. The van der Waals surface area contributed by atoms with Gasteiger partial charge in [0.2, 0.25) is 0 Å². The summed E-state index contributed by atoms with van der Waals surface area (Å²) in [5, 5.41) is 11.5. The zero-order valence-electron chi connectivity index (χ0n) is 19.4. The van der Waals surface area contributed by atoms with Crippen LogP contribution in [0.3, 0.4) is 0 Å². The van der Waals surface area contributed by atoms with Crippen molar-refractivity contribution in [1.29, 1.82) is 0 Å². The zero-order chi connectivity index (χ0) is 25.0. The highest BCUT2D eigenvalue weighted by Crippen LogP contribution is 2.36. The van der Waals surface area contributed by atoms with E-state index in [1.807, 2.05) is 27.7 Å². The number of ether oxygens (including phenoxy) is 2. The van der Waals surface area contributed by atoms with E-state index in [0.29, 0.717) is 10.7 Å². The number of thiol groups is 1. The Bertz CT molecular complexity index is 1000. The van der Waals surface area contributed by atoms with E-state index in [1.54, 1.807) is 18.2 Å². The highest BCUT2D eigenvalue weighted by molar-refractivity contribution is 7.81. The van der Waals surface area contributed by atoms with Crippen LogP contribution in [-0.4, -0.2) is 36.1 Å². The van der Waals surface area contributed by atoms with Crippen LogP contribution < -0.4 is 20.8 Å². The Hall–Kier alpha value is -2.14. The van der Waals surface area contributed by atoms with E-state index in [9.17, 15) is 10.0 Å². The lowest BCUT2D eigenvalue weighted by Crippen LogP contribution is -2.46. The Morgan fingerprint density at radius 2 is 1.97 bits per heavy atom. The number of nitrogens with zero attached hydrogens (tertiary/aromatic N) is 1. The first kappa shape index (κ1) is 27.1. The van der Waals surface area contributed by atoms with Crippen molar-refractivity contribution in [2.24, 2.45) is 0 Å². The van der Waals surface area contributed by atoms with Crippen LogP contribution in [-0.2, 0) is 20.8 Å². The van der Waals surface area contributed by atoms with Crippen LogP contribution in [0.4, 0.5) is 15.8 Å². The molecule has 11 heteroatoms. The number of halogens is 2. The maximum absolute atomic E-state index is 15.1. The van der Waals surface area contributed by atoms with Crippen molar-refractivity contribution in [2.75, 3.05) is 17.7 Å². The molecule has 2 aromatic carbocycles. The summed E-state index contributed by atoms with van der Waals surface area (Å²) in [5.41, 5.74) is 2.55. The van der Waals surface area contributed by atoms with Gasteiger partial charge >= 0.3 is 13.5 Å². The van der Waals surface area contributed by atoms with Crippen molar-refractivity contribution in [3.05, 3.63) is 46.7 Å². The second-order valence-corrected chi connectivity index (χ2v) is 9.89. The van der Waals surface area contributed by atoms with Crippen molar-refractivity contribution in [2.45, 2.75) is 51.6 Å². The third kappa shape index (κ3) is 6.93. The molecule has 0 amide bonds. The molecule has 0 fully saturated rings. The smallest absolute Gasteiger partial charge is 0.333 e. The molecular weight excluding hydrogens is 470 g/mol. The first-order valence-electron chi connectivity index (χ1n) is 10.0. The molecule has 0 atom stereocenters. The summed E-state index contributed by atoms with van der Waals surface area (Å²) in [4.78, 5) is 11.2. The lowest BCUT2D eigenvalue weighted by atomic mass is 9.83. The molecule has 0 aliphatic carbocycles.